The smallest absolute Gasteiger partial charge is 0.275 e. The maximum atomic E-state index is 12.1. The first-order valence-corrected chi connectivity index (χ1v) is 6.93. The van der Waals surface area contributed by atoms with Crippen molar-refractivity contribution in [2.24, 2.45) is 0 Å². The minimum absolute atomic E-state index is 0.108. The van der Waals surface area contributed by atoms with Crippen LogP contribution in [0.5, 0.6) is 0 Å². The lowest BCUT2D eigenvalue weighted by Crippen LogP contribution is -2.14. The molecule has 0 saturated carbocycles. The number of benzene rings is 1. The molecule has 0 aliphatic carbocycles. The molecule has 2 aromatic rings. The molecular formula is C12H7Br2N3O3. The Morgan fingerprint density at radius 3 is 2.65 bits per heavy atom. The molecule has 0 saturated heterocycles. The van der Waals surface area contributed by atoms with Gasteiger partial charge >= 0.3 is 0 Å². The number of nitrogens with one attached hydrogen (secondary N) is 1. The fraction of sp³-hybridized carbons (Fsp3) is 0. The normalized spacial score (nSPS) is 10.1. The highest BCUT2D eigenvalue weighted by Gasteiger charge is 2.15. The van der Waals surface area contributed by atoms with Crippen LogP contribution in [0.15, 0.2) is 45.5 Å². The summed E-state index contributed by atoms with van der Waals surface area (Å²) >= 11 is 6.45. The molecule has 1 heterocycles. The van der Waals surface area contributed by atoms with E-state index in [9.17, 15) is 14.9 Å². The van der Waals surface area contributed by atoms with Gasteiger partial charge in [-0.2, -0.15) is 0 Å². The van der Waals surface area contributed by atoms with Crippen LogP contribution >= 0.6 is 31.9 Å². The lowest BCUT2D eigenvalue weighted by Gasteiger charge is -2.07. The third kappa shape index (κ3) is 3.20. The van der Waals surface area contributed by atoms with E-state index >= 15 is 0 Å². The SMILES string of the molecule is O=C(Nc1cc([N+](=O)[O-])ccc1Br)c1ncccc1Br. The van der Waals surface area contributed by atoms with Crippen LogP contribution < -0.4 is 5.32 Å². The maximum Gasteiger partial charge on any atom is 0.275 e. The van der Waals surface area contributed by atoms with Crippen LogP contribution in [0.1, 0.15) is 10.5 Å². The highest BCUT2D eigenvalue weighted by molar-refractivity contribution is 9.11. The molecule has 0 spiro atoms. The van der Waals surface area contributed by atoms with Gasteiger partial charge in [0.05, 0.1) is 10.6 Å². The molecule has 0 aliphatic heterocycles. The summed E-state index contributed by atoms with van der Waals surface area (Å²) in [6, 6.07) is 7.49. The number of amides is 1. The Bertz CT molecular complexity index is 691. The van der Waals surface area contributed by atoms with Crippen molar-refractivity contribution in [1.29, 1.82) is 0 Å². The van der Waals surface area contributed by atoms with Gasteiger partial charge in [0.1, 0.15) is 5.69 Å². The topological polar surface area (TPSA) is 85.1 Å². The Kier molecular flexibility index (Phi) is 4.46. The lowest BCUT2D eigenvalue weighted by molar-refractivity contribution is -0.384. The number of non-ortho nitro benzene ring substituents is 1. The Labute approximate surface area is 130 Å². The number of carbonyl (C=O) groups is 1. The number of nitro benzene ring substituents is 1. The molecule has 1 N–H and O–H groups in total. The van der Waals surface area contributed by atoms with Gasteiger partial charge in [-0.25, -0.2) is 4.98 Å². The van der Waals surface area contributed by atoms with Crippen molar-refractivity contribution in [3.63, 3.8) is 0 Å². The monoisotopic (exact) mass is 399 g/mol. The second kappa shape index (κ2) is 6.10. The first-order valence-electron chi connectivity index (χ1n) is 5.35. The van der Waals surface area contributed by atoms with Crippen LogP contribution in [0.2, 0.25) is 0 Å². The van der Waals surface area contributed by atoms with Gasteiger partial charge in [-0.1, -0.05) is 0 Å². The van der Waals surface area contributed by atoms with Gasteiger partial charge in [-0.3, -0.25) is 14.9 Å². The van der Waals surface area contributed by atoms with Crippen LogP contribution in [0.4, 0.5) is 11.4 Å². The molecular weight excluding hydrogens is 394 g/mol. The number of nitrogens with zero attached hydrogens (tertiary/aromatic N) is 2. The average molecular weight is 401 g/mol. The number of carbonyl (C=O) groups excluding carboxylic acids is 1. The number of rotatable bonds is 3. The van der Waals surface area contributed by atoms with E-state index in [1.54, 1.807) is 12.1 Å². The molecule has 8 heteroatoms. The third-order valence-corrected chi connectivity index (χ3v) is 3.71. The summed E-state index contributed by atoms with van der Waals surface area (Å²) in [4.78, 5) is 26.2. The van der Waals surface area contributed by atoms with Crippen molar-refractivity contribution in [1.82, 2.24) is 4.98 Å². The number of anilines is 1. The van der Waals surface area contributed by atoms with Crippen LogP contribution in [-0.4, -0.2) is 15.8 Å². The number of aromatic nitrogens is 1. The highest BCUT2D eigenvalue weighted by atomic mass is 79.9. The summed E-state index contributed by atoms with van der Waals surface area (Å²) in [6.45, 7) is 0. The van der Waals surface area contributed by atoms with Crippen LogP contribution in [0.3, 0.4) is 0 Å². The summed E-state index contributed by atoms with van der Waals surface area (Å²) < 4.78 is 1.09. The molecule has 2 rings (SSSR count). The molecule has 0 fully saturated rings. The van der Waals surface area contributed by atoms with E-state index in [0.717, 1.165) is 0 Å². The number of nitro groups is 1. The minimum atomic E-state index is -0.529. The zero-order valence-electron chi connectivity index (χ0n) is 9.84. The van der Waals surface area contributed by atoms with E-state index in [1.807, 2.05) is 0 Å². The van der Waals surface area contributed by atoms with E-state index in [-0.39, 0.29) is 11.4 Å². The molecule has 0 aliphatic rings. The maximum absolute atomic E-state index is 12.1. The van der Waals surface area contributed by atoms with Crippen LogP contribution in [0.25, 0.3) is 0 Å². The van der Waals surface area contributed by atoms with E-state index in [2.05, 4.69) is 42.2 Å². The van der Waals surface area contributed by atoms with Gasteiger partial charge in [-0.15, -0.1) is 0 Å². The molecule has 1 aromatic carbocycles. The first kappa shape index (κ1) is 14.6. The molecule has 0 atom stereocenters. The van der Waals surface area contributed by atoms with Crippen molar-refractivity contribution < 1.29 is 9.72 Å². The van der Waals surface area contributed by atoms with Crippen LogP contribution in [-0.2, 0) is 0 Å². The van der Waals surface area contributed by atoms with Gasteiger partial charge < -0.3 is 5.32 Å². The molecule has 0 unspecified atom stereocenters. The quantitative estimate of drug-likeness (QED) is 0.627. The predicted molar refractivity (Wildman–Crippen MR) is 80.7 cm³/mol. The molecule has 20 heavy (non-hydrogen) atoms. The van der Waals surface area contributed by atoms with E-state index < -0.39 is 10.8 Å². The Hall–Kier alpha value is -1.80. The number of halogens is 2. The van der Waals surface area contributed by atoms with Crippen molar-refractivity contribution in [3.8, 4) is 0 Å². The van der Waals surface area contributed by atoms with Gasteiger partial charge in [0.15, 0.2) is 0 Å². The standard InChI is InChI=1S/C12H7Br2N3O3/c13-8-4-3-7(17(19)20)6-10(8)16-12(18)11-9(14)2-1-5-15-11/h1-6H,(H,16,18). The summed E-state index contributed by atoms with van der Waals surface area (Å²) in [7, 11) is 0. The molecule has 1 aromatic heterocycles. The summed E-state index contributed by atoms with van der Waals surface area (Å²) in [5.74, 6) is -0.460. The second-order valence-corrected chi connectivity index (χ2v) is 5.42. The third-order valence-electron chi connectivity index (χ3n) is 2.38. The highest BCUT2D eigenvalue weighted by Crippen LogP contribution is 2.28. The number of pyridine rings is 1. The van der Waals surface area contributed by atoms with Gasteiger partial charge in [0.2, 0.25) is 0 Å². The molecule has 6 nitrogen and oxygen atoms in total. The van der Waals surface area contributed by atoms with Crippen molar-refractivity contribution in [2.75, 3.05) is 5.32 Å². The largest absolute Gasteiger partial charge is 0.319 e. The first-order chi connectivity index (χ1) is 9.49. The van der Waals surface area contributed by atoms with Crippen molar-refractivity contribution in [2.45, 2.75) is 0 Å². The summed E-state index contributed by atoms with van der Waals surface area (Å²) in [5.41, 5.74) is 0.399. The van der Waals surface area contributed by atoms with E-state index in [4.69, 9.17) is 0 Å². The molecule has 0 bridgehead atoms. The summed E-state index contributed by atoms with van der Waals surface area (Å²) in [6.07, 6.45) is 1.49. The fourth-order valence-corrected chi connectivity index (χ4v) is 2.24. The molecule has 1 amide bonds. The van der Waals surface area contributed by atoms with E-state index in [0.29, 0.717) is 14.6 Å². The molecule has 0 radical (unpaired) electrons. The van der Waals surface area contributed by atoms with Crippen molar-refractivity contribution >= 4 is 49.1 Å². The van der Waals surface area contributed by atoms with E-state index in [1.165, 1.54) is 24.4 Å². The van der Waals surface area contributed by atoms with Gasteiger partial charge in [-0.05, 0) is 50.1 Å². The van der Waals surface area contributed by atoms with Crippen LogP contribution in [0, 0.1) is 10.1 Å². The lowest BCUT2D eigenvalue weighted by atomic mass is 10.2. The Morgan fingerprint density at radius 2 is 2.00 bits per heavy atom. The summed E-state index contributed by atoms with van der Waals surface area (Å²) in [5, 5.41) is 13.3. The Balaban J connectivity index is 2.30. The second-order valence-electron chi connectivity index (χ2n) is 3.71. The average Bonchev–Trinajstić information content (AvgIpc) is 2.41. The zero-order valence-corrected chi connectivity index (χ0v) is 13.0. The predicted octanol–water partition coefficient (Wildman–Crippen LogP) is 3.77. The van der Waals surface area contributed by atoms with Crippen molar-refractivity contribution in [3.05, 3.63) is 61.3 Å². The van der Waals surface area contributed by atoms with Gasteiger partial charge in [0.25, 0.3) is 11.6 Å². The van der Waals surface area contributed by atoms with Gasteiger partial charge in [0, 0.05) is 27.3 Å². The fourth-order valence-electron chi connectivity index (χ4n) is 1.46. The number of hydrogen-bond donors (Lipinski definition) is 1. The molecule has 102 valence electrons. The Morgan fingerprint density at radius 1 is 1.25 bits per heavy atom. The number of hydrogen-bond acceptors (Lipinski definition) is 4. The minimum Gasteiger partial charge on any atom is -0.319 e. The zero-order chi connectivity index (χ0) is 14.7.